The van der Waals surface area contributed by atoms with Crippen LogP contribution in [0, 0.1) is 0 Å². The quantitative estimate of drug-likeness (QED) is 0.789. The van der Waals surface area contributed by atoms with Crippen LogP contribution in [0.4, 0.5) is 5.69 Å². The topological polar surface area (TPSA) is 92.7 Å². The monoisotopic (exact) mass is 389 g/mol. The summed E-state index contributed by atoms with van der Waals surface area (Å²) in [5.41, 5.74) is 0.829. The third-order valence-electron chi connectivity index (χ3n) is 3.07. The van der Waals surface area contributed by atoms with Gasteiger partial charge in [-0.15, -0.1) is 0 Å². The highest BCUT2D eigenvalue weighted by Crippen LogP contribution is 2.37. The van der Waals surface area contributed by atoms with Crippen LogP contribution in [-0.4, -0.2) is 26.6 Å². The zero-order chi connectivity index (χ0) is 17.9. The Labute approximate surface area is 149 Å². The number of hydrogen-bond donors (Lipinski definition) is 2. The second kappa shape index (κ2) is 7.29. The van der Waals surface area contributed by atoms with Crippen molar-refractivity contribution in [3.8, 4) is 5.75 Å². The van der Waals surface area contributed by atoms with Gasteiger partial charge < -0.3 is 9.84 Å². The SMILES string of the molecule is COc1c(S(=O)(=O)Nc2ccc(CC(=O)O)cc2)ccc(Cl)c1Cl. The van der Waals surface area contributed by atoms with Crippen molar-refractivity contribution in [2.75, 3.05) is 11.8 Å². The first-order valence-corrected chi connectivity index (χ1v) is 8.84. The van der Waals surface area contributed by atoms with Crippen molar-refractivity contribution in [3.05, 3.63) is 52.0 Å². The molecule has 0 fully saturated rings. The molecule has 0 amide bonds. The fourth-order valence-corrected chi connectivity index (χ4v) is 3.67. The molecule has 0 saturated heterocycles. The smallest absolute Gasteiger partial charge is 0.307 e. The van der Waals surface area contributed by atoms with E-state index in [1.54, 1.807) is 0 Å². The van der Waals surface area contributed by atoms with Gasteiger partial charge in [0.15, 0.2) is 5.75 Å². The Kier molecular flexibility index (Phi) is 5.58. The molecule has 0 spiro atoms. The largest absolute Gasteiger partial charge is 0.494 e. The lowest BCUT2D eigenvalue weighted by Gasteiger charge is -2.13. The average Bonchev–Trinajstić information content (AvgIpc) is 2.50. The zero-order valence-electron chi connectivity index (χ0n) is 12.4. The molecule has 128 valence electrons. The molecule has 0 aliphatic heterocycles. The number of sulfonamides is 1. The van der Waals surface area contributed by atoms with Crippen LogP contribution in [0.5, 0.6) is 5.75 Å². The predicted octanol–water partition coefficient (Wildman–Crippen LogP) is 3.43. The summed E-state index contributed by atoms with van der Waals surface area (Å²) in [6.45, 7) is 0. The lowest BCUT2D eigenvalue weighted by atomic mass is 10.1. The van der Waals surface area contributed by atoms with Crippen LogP contribution in [0.2, 0.25) is 10.0 Å². The third-order valence-corrected chi connectivity index (χ3v) is 5.26. The highest BCUT2D eigenvalue weighted by molar-refractivity contribution is 7.92. The van der Waals surface area contributed by atoms with Crippen molar-refractivity contribution >= 4 is 44.9 Å². The summed E-state index contributed by atoms with van der Waals surface area (Å²) in [6, 6.07) is 8.64. The molecule has 0 bridgehead atoms. The molecule has 0 aliphatic rings. The van der Waals surface area contributed by atoms with Gasteiger partial charge in [0.05, 0.1) is 18.6 Å². The number of halogens is 2. The summed E-state index contributed by atoms with van der Waals surface area (Å²) in [7, 11) is -2.68. The lowest BCUT2D eigenvalue weighted by molar-refractivity contribution is -0.136. The molecule has 6 nitrogen and oxygen atoms in total. The highest BCUT2D eigenvalue weighted by atomic mass is 35.5. The van der Waals surface area contributed by atoms with Crippen molar-refractivity contribution in [2.45, 2.75) is 11.3 Å². The zero-order valence-corrected chi connectivity index (χ0v) is 14.7. The van der Waals surface area contributed by atoms with Crippen LogP contribution in [-0.2, 0) is 21.2 Å². The Balaban J connectivity index is 2.32. The van der Waals surface area contributed by atoms with Crippen LogP contribution in [0.25, 0.3) is 0 Å². The molecule has 2 aromatic carbocycles. The number of methoxy groups -OCH3 is 1. The van der Waals surface area contributed by atoms with E-state index in [0.29, 0.717) is 5.56 Å². The molecule has 0 radical (unpaired) electrons. The molecule has 0 aromatic heterocycles. The van der Waals surface area contributed by atoms with E-state index in [2.05, 4.69) is 4.72 Å². The van der Waals surface area contributed by atoms with Gasteiger partial charge in [-0.2, -0.15) is 0 Å². The number of aliphatic carboxylic acids is 1. The molecule has 24 heavy (non-hydrogen) atoms. The Morgan fingerprint density at radius 3 is 2.33 bits per heavy atom. The second-order valence-corrected chi connectivity index (χ2v) is 7.20. The van der Waals surface area contributed by atoms with Crippen LogP contribution in [0.15, 0.2) is 41.3 Å². The predicted molar refractivity (Wildman–Crippen MR) is 91.6 cm³/mol. The average molecular weight is 390 g/mol. The Hall–Kier alpha value is -1.96. The first kappa shape index (κ1) is 18.4. The maximum absolute atomic E-state index is 12.5. The minimum absolute atomic E-state index is 0.00107. The van der Waals surface area contributed by atoms with Gasteiger partial charge in [0, 0.05) is 5.69 Å². The summed E-state index contributed by atoms with van der Waals surface area (Å²) in [5, 5.41) is 8.90. The molecule has 2 N–H and O–H groups in total. The number of hydrogen-bond acceptors (Lipinski definition) is 4. The number of rotatable bonds is 6. The van der Waals surface area contributed by atoms with E-state index in [1.807, 2.05) is 0 Å². The van der Waals surface area contributed by atoms with E-state index in [1.165, 1.54) is 43.5 Å². The Morgan fingerprint density at radius 2 is 1.79 bits per heavy atom. The lowest BCUT2D eigenvalue weighted by Crippen LogP contribution is -2.14. The van der Waals surface area contributed by atoms with Crippen molar-refractivity contribution < 1.29 is 23.1 Å². The molecule has 2 rings (SSSR count). The summed E-state index contributed by atoms with van der Waals surface area (Å²) in [5.74, 6) is -1.02. The molecule has 0 aliphatic carbocycles. The normalized spacial score (nSPS) is 11.1. The first-order chi connectivity index (χ1) is 11.2. The van der Waals surface area contributed by atoms with Gasteiger partial charge in [0.25, 0.3) is 10.0 Å². The second-order valence-electron chi connectivity index (χ2n) is 4.77. The number of ether oxygens (including phenoxy) is 1. The van der Waals surface area contributed by atoms with Gasteiger partial charge in [-0.05, 0) is 29.8 Å². The molecule has 2 aromatic rings. The number of carboxylic acids is 1. The minimum atomic E-state index is -3.97. The first-order valence-electron chi connectivity index (χ1n) is 6.60. The van der Waals surface area contributed by atoms with Gasteiger partial charge in [-0.25, -0.2) is 8.42 Å². The number of benzene rings is 2. The van der Waals surface area contributed by atoms with Gasteiger partial charge in [0.2, 0.25) is 0 Å². The number of nitrogens with one attached hydrogen (secondary N) is 1. The molecular formula is C15H13Cl2NO5S. The van der Waals surface area contributed by atoms with Crippen molar-refractivity contribution in [2.24, 2.45) is 0 Å². The molecule has 9 heteroatoms. The van der Waals surface area contributed by atoms with Gasteiger partial charge in [-0.3, -0.25) is 9.52 Å². The molecular weight excluding hydrogens is 377 g/mol. The highest BCUT2D eigenvalue weighted by Gasteiger charge is 2.23. The fourth-order valence-electron chi connectivity index (χ4n) is 1.99. The van der Waals surface area contributed by atoms with E-state index in [0.717, 1.165) is 0 Å². The van der Waals surface area contributed by atoms with Crippen molar-refractivity contribution in [1.29, 1.82) is 0 Å². The van der Waals surface area contributed by atoms with Crippen molar-refractivity contribution in [1.82, 2.24) is 0 Å². The van der Waals surface area contributed by atoms with Gasteiger partial charge in [-0.1, -0.05) is 35.3 Å². The summed E-state index contributed by atoms with van der Waals surface area (Å²) >= 11 is 11.8. The van der Waals surface area contributed by atoms with E-state index in [-0.39, 0.29) is 32.8 Å². The van der Waals surface area contributed by atoms with Crippen LogP contribution >= 0.6 is 23.2 Å². The standard InChI is InChI=1S/C15H13Cl2NO5S/c1-23-15-12(7-6-11(16)14(15)17)24(21,22)18-10-4-2-9(3-5-10)8-13(19)20/h2-7,18H,8H2,1H3,(H,19,20). The Bertz CT molecular complexity index is 866. The maximum atomic E-state index is 12.5. The Morgan fingerprint density at radius 1 is 1.17 bits per heavy atom. The molecule has 0 unspecified atom stereocenters. The third kappa shape index (κ3) is 4.11. The van der Waals surface area contributed by atoms with Crippen LogP contribution < -0.4 is 9.46 Å². The number of anilines is 1. The van der Waals surface area contributed by atoms with Gasteiger partial charge in [0.1, 0.15) is 9.92 Å². The van der Waals surface area contributed by atoms with E-state index in [9.17, 15) is 13.2 Å². The summed E-state index contributed by atoms with van der Waals surface area (Å²) in [6.07, 6.45) is -0.145. The summed E-state index contributed by atoms with van der Waals surface area (Å²) < 4.78 is 32.5. The molecule has 0 heterocycles. The van der Waals surface area contributed by atoms with Crippen LogP contribution in [0.1, 0.15) is 5.56 Å². The molecule has 0 atom stereocenters. The number of carbonyl (C=O) groups is 1. The van der Waals surface area contributed by atoms with Gasteiger partial charge >= 0.3 is 5.97 Å². The molecule has 0 saturated carbocycles. The van der Waals surface area contributed by atoms with E-state index < -0.39 is 16.0 Å². The van der Waals surface area contributed by atoms with Crippen molar-refractivity contribution in [3.63, 3.8) is 0 Å². The maximum Gasteiger partial charge on any atom is 0.307 e. The van der Waals surface area contributed by atoms with Crippen LogP contribution in [0.3, 0.4) is 0 Å². The van der Waals surface area contributed by atoms with E-state index >= 15 is 0 Å². The number of carboxylic acid groups (broad SMARTS) is 1. The van der Waals surface area contributed by atoms with E-state index in [4.69, 9.17) is 33.0 Å². The fraction of sp³-hybridized carbons (Fsp3) is 0.133. The minimum Gasteiger partial charge on any atom is -0.494 e. The summed E-state index contributed by atoms with van der Waals surface area (Å²) in [4.78, 5) is 10.5.